The van der Waals surface area contributed by atoms with Crippen LogP contribution < -0.4 is 0 Å². The van der Waals surface area contributed by atoms with E-state index >= 15 is 0 Å². The van der Waals surface area contributed by atoms with E-state index in [4.69, 9.17) is 5.11 Å². The quantitative estimate of drug-likeness (QED) is 0.241. The minimum atomic E-state index is -2.15. The molecular formula is C19H40O4. The van der Waals surface area contributed by atoms with Crippen molar-refractivity contribution in [3.05, 3.63) is 0 Å². The average molecular weight is 333 g/mol. The maximum atomic E-state index is 9.52. The molecule has 4 heteroatoms. The number of aliphatic hydroxyl groups is 4. The van der Waals surface area contributed by atoms with Crippen LogP contribution in [-0.4, -0.2) is 38.9 Å². The van der Waals surface area contributed by atoms with Gasteiger partial charge in [-0.05, 0) is 6.42 Å². The SMILES string of the molecule is CCCCCCCCCCCCCCCCC(O)(O)C(O)CO. The minimum absolute atomic E-state index is 0.118. The van der Waals surface area contributed by atoms with E-state index in [1.807, 2.05) is 0 Å². The Labute approximate surface area is 142 Å². The second-order valence-electron chi connectivity index (χ2n) is 6.92. The number of rotatable bonds is 17. The first kappa shape index (κ1) is 22.8. The first-order chi connectivity index (χ1) is 11.0. The Kier molecular flexibility index (Phi) is 15.3. The molecule has 1 atom stereocenters. The lowest BCUT2D eigenvalue weighted by Gasteiger charge is -2.25. The van der Waals surface area contributed by atoms with Crippen LogP contribution in [0.25, 0.3) is 0 Å². The molecule has 0 aliphatic rings. The van der Waals surface area contributed by atoms with Gasteiger partial charge >= 0.3 is 0 Å². The Morgan fingerprint density at radius 2 is 1.00 bits per heavy atom. The van der Waals surface area contributed by atoms with Crippen LogP contribution in [0.3, 0.4) is 0 Å². The lowest BCUT2D eigenvalue weighted by Crippen LogP contribution is -2.44. The molecule has 4 N–H and O–H groups in total. The molecule has 0 aromatic carbocycles. The fraction of sp³-hybridized carbons (Fsp3) is 1.00. The van der Waals surface area contributed by atoms with Gasteiger partial charge in [-0.2, -0.15) is 0 Å². The molecule has 0 spiro atoms. The lowest BCUT2D eigenvalue weighted by molar-refractivity contribution is -0.236. The Morgan fingerprint density at radius 1 is 0.652 bits per heavy atom. The molecule has 0 saturated heterocycles. The first-order valence-electron chi connectivity index (χ1n) is 9.78. The van der Waals surface area contributed by atoms with Crippen LogP contribution in [0.15, 0.2) is 0 Å². The fourth-order valence-electron chi connectivity index (χ4n) is 2.89. The normalized spacial score (nSPS) is 13.4. The molecule has 4 nitrogen and oxygen atoms in total. The molecule has 0 radical (unpaired) electrons. The smallest absolute Gasteiger partial charge is 0.191 e. The maximum Gasteiger partial charge on any atom is 0.191 e. The van der Waals surface area contributed by atoms with Crippen LogP contribution >= 0.6 is 0 Å². The molecule has 0 bridgehead atoms. The molecular weight excluding hydrogens is 292 g/mol. The van der Waals surface area contributed by atoms with E-state index in [1.54, 1.807) is 0 Å². The summed E-state index contributed by atoms with van der Waals surface area (Å²) in [6.07, 6.45) is 16.1. The summed E-state index contributed by atoms with van der Waals surface area (Å²) in [6, 6.07) is 0. The van der Waals surface area contributed by atoms with E-state index in [-0.39, 0.29) is 6.42 Å². The van der Waals surface area contributed by atoms with Crippen LogP contribution in [0.2, 0.25) is 0 Å². The summed E-state index contributed by atoms with van der Waals surface area (Å²) in [5.74, 6) is -2.15. The molecule has 0 aliphatic carbocycles. The van der Waals surface area contributed by atoms with E-state index in [9.17, 15) is 15.3 Å². The van der Waals surface area contributed by atoms with Crippen molar-refractivity contribution in [1.29, 1.82) is 0 Å². The summed E-state index contributed by atoms with van der Waals surface area (Å²) in [5, 5.41) is 37.0. The molecule has 0 heterocycles. The standard InChI is InChI=1S/C19H40O4/c1-2-3-4-5-6-7-8-9-10-11-12-13-14-15-16-19(22,23)18(21)17-20/h18,20-23H,2-17H2,1H3. The molecule has 140 valence electrons. The second kappa shape index (κ2) is 15.4. The van der Waals surface area contributed by atoms with Gasteiger partial charge in [0.25, 0.3) is 0 Å². The lowest BCUT2D eigenvalue weighted by atomic mass is 10.0. The van der Waals surface area contributed by atoms with Crippen molar-refractivity contribution in [2.75, 3.05) is 6.61 Å². The summed E-state index contributed by atoms with van der Waals surface area (Å²) in [5.41, 5.74) is 0. The molecule has 0 rings (SSSR count). The zero-order valence-corrected chi connectivity index (χ0v) is 15.2. The van der Waals surface area contributed by atoms with Gasteiger partial charge in [0.2, 0.25) is 0 Å². The van der Waals surface area contributed by atoms with E-state index < -0.39 is 18.5 Å². The molecule has 0 aromatic rings. The monoisotopic (exact) mass is 332 g/mol. The summed E-state index contributed by atoms with van der Waals surface area (Å²) in [7, 11) is 0. The van der Waals surface area contributed by atoms with Gasteiger partial charge in [-0.1, -0.05) is 90.4 Å². The van der Waals surface area contributed by atoms with Gasteiger partial charge in [-0.25, -0.2) is 0 Å². The molecule has 23 heavy (non-hydrogen) atoms. The third-order valence-corrected chi connectivity index (χ3v) is 4.60. The van der Waals surface area contributed by atoms with Crippen LogP contribution in [0.5, 0.6) is 0 Å². The Bertz CT molecular complexity index is 244. The topological polar surface area (TPSA) is 80.9 Å². The summed E-state index contributed by atoms with van der Waals surface area (Å²) in [6.45, 7) is 1.63. The summed E-state index contributed by atoms with van der Waals surface area (Å²) < 4.78 is 0. The molecule has 0 aromatic heterocycles. The largest absolute Gasteiger partial charge is 0.393 e. The van der Waals surface area contributed by atoms with Gasteiger partial charge < -0.3 is 20.4 Å². The molecule has 0 amide bonds. The third kappa shape index (κ3) is 13.9. The Balaban J connectivity index is 3.22. The number of hydrogen-bond acceptors (Lipinski definition) is 4. The molecule has 0 aliphatic heterocycles. The van der Waals surface area contributed by atoms with Crippen LogP contribution in [-0.2, 0) is 0 Å². The van der Waals surface area contributed by atoms with Crippen LogP contribution in [0.4, 0.5) is 0 Å². The number of hydrogen-bond donors (Lipinski definition) is 4. The predicted octanol–water partition coefficient (Wildman–Crippen LogP) is 3.89. The van der Waals surface area contributed by atoms with Gasteiger partial charge in [0.15, 0.2) is 5.79 Å². The summed E-state index contributed by atoms with van der Waals surface area (Å²) in [4.78, 5) is 0. The zero-order valence-electron chi connectivity index (χ0n) is 15.2. The van der Waals surface area contributed by atoms with Crippen LogP contribution in [0, 0.1) is 0 Å². The van der Waals surface area contributed by atoms with Gasteiger partial charge in [-0.15, -0.1) is 0 Å². The van der Waals surface area contributed by atoms with Gasteiger partial charge in [0.1, 0.15) is 6.10 Å². The van der Waals surface area contributed by atoms with Gasteiger partial charge in [-0.3, -0.25) is 0 Å². The Morgan fingerprint density at radius 3 is 1.35 bits per heavy atom. The van der Waals surface area contributed by atoms with E-state index in [0.717, 1.165) is 12.8 Å². The van der Waals surface area contributed by atoms with E-state index in [1.165, 1.54) is 70.6 Å². The third-order valence-electron chi connectivity index (χ3n) is 4.60. The Hall–Kier alpha value is -0.160. The van der Waals surface area contributed by atoms with E-state index in [0.29, 0.717) is 6.42 Å². The molecule has 1 unspecified atom stereocenters. The van der Waals surface area contributed by atoms with Crippen molar-refractivity contribution in [1.82, 2.24) is 0 Å². The molecule has 0 saturated carbocycles. The average Bonchev–Trinajstić information content (AvgIpc) is 2.54. The van der Waals surface area contributed by atoms with Crippen molar-refractivity contribution in [2.24, 2.45) is 0 Å². The summed E-state index contributed by atoms with van der Waals surface area (Å²) >= 11 is 0. The first-order valence-corrected chi connectivity index (χ1v) is 9.78. The van der Waals surface area contributed by atoms with Crippen molar-refractivity contribution in [2.45, 2.75) is 115 Å². The highest BCUT2D eigenvalue weighted by Crippen LogP contribution is 2.18. The van der Waals surface area contributed by atoms with Gasteiger partial charge in [0.05, 0.1) is 6.61 Å². The van der Waals surface area contributed by atoms with E-state index in [2.05, 4.69) is 6.92 Å². The number of aliphatic hydroxyl groups excluding tert-OH is 2. The minimum Gasteiger partial charge on any atom is -0.393 e. The zero-order chi connectivity index (χ0) is 17.4. The highest BCUT2D eigenvalue weighted by Gasteiger charge is 2.31. The predicted molar refractivity (Wildman–Crippen MR) is 95.2 cm³/mol. The van der Waals surface area contributed by atoms with Crippen LogP contribution in [0.1, 0.15) is 103 Å². The maximum absolute atomic E-state index is 9.52. The highest BCUT2D eigenvalue weighted by atomic mass is 16.5. The second-order valence-corrected chi connectivity index (χ2v) is 6.92. The van der Waals surface area contributed by atoms with Crippen molar-refractivity contribution >= 4 is 0 Å². The van der Waals surface area contributed by atoms with Crippen molar-refractivity contribution < 1.29 is 20.4 Å². The highest BCUT2D eigenvalue weighted by molar-refractivity contribution is 4.73. The fourth-order valence-corrected chi connectivity index (χ4v) is 2.89. The van der Waals surface area contributed by atoms with Crippen molar-refractivity contribution in [3.63, 3.8) is 0 Å². The number of unbranched alkanes of at least 4 members (excludes halogenated alkanes) is 13. The van der Waals surface area contributed by atoms with Crippen molar-refractivity contribution in [3.8, 4) is 0 Å². The molecule has 0 fully saturated rings. The van der Waals surface area contributed by atoms with Gasteiger partial charge in [0, 0.05) is 6.42 Å².